The molecule has 0 saturated carbocycles. The first-order chi connectivity index (χ1) is 9.43. The summed E-state index contributed by atoms with van der Waals surface area (Å²) in [6.45, 7) is 4.96. The minimum atomic E-state index is -0.251. The Bertz CT molecular complexity index is 492. The molecule has 0 radical (unpaired) electrons. The van der Waals surface area contributed by atoms with Gasteiger partial charge in [-0.2, -0.15) is 0 Å². The summed E-state index contributed by atoms with van der Waals surface area (Å²) in [6.07, 6.45) is 0.991. The summed E-state index contributed by atoms with van der Waals surface area (Å²) in [4.78, 5) is 11.9. The first-order valence-electron chi connectivity index (χ1n) is 6.39. The topological polar surface area (TPSA) is 50.4 Å². The van der Waals surface area contributed by atoms with Gasteiger partial charge in [-0.3, -0.25) is 10.1 Å². The summed E-state index contributed by atoms with van der Waals surface area (Å²) in [7, 11) is 1.66. The van der Waals surface area contributed by atoms with E-state index in [0.717, 1.165) is 16.6 Å². The highest BCUT2D eigenvalue weighted by atomic mass is 79.9. The molecule has 4 nitrogen and oxygen atoms in total. The van der Waals surface area contributed by atoms with Gasteiger partial charge in [0.1, 0.15) is 5.75 Å². The highest BCUT2D eigenvalue weighted by Gasteiger charge is 2.10. The van der Waals surface area contributed by atoms with Crippen molar-refractivity contribution in [3.05, 3.63) is 28.2 Å². The van der Waals surface area contributed by atoms with Gasteiger partial charge in [0.15, 0.2) is 5.11 Å². The Morgan fingerprint density at radius 2 is 2.15 bits per heavy atom. The number of nitrogens with one attached hydrogen (secondary N) is 2. The number of amides is 1. The minimum Gasteiger partial charge on any atom is -0.492 e. The maximum absolute atomic E-state index is 11.9. The van der Waals surface area contributed by atoms with Gasteiger partial charge in [0.25, 0.3) is 5.91 Å². The lowest BCUT2D eigenvalue weighted by Gasteiger charge is -2.11. The molecule has 0 unspecified atom stereocenters. The van der Waals surface area contributed by atoms with Crippen LogP contribution in [0.1, 0.15) is 30.6 Å². The third kappa shape index (κ3) is 5.46. The number of carbonyl (C=O) groups excluding carboxylic acids is 1. The fraction of sp³-hybridized carbons (Fsp3) is 0.429. The van der Waals surface area contributed by atoms with Gasteiger partial charge in [-0.1, -0.05) is 13.8 Å². The Hall–Kier alpha value is -1.14. The van der Waals surface area contributed by atoms with Gasteiger partial charge in [-0.15, -0.1) is 0 Å². The maximum atomic E-state index is 11.9. The Morgan fingerprint density at radius 3 is 2.70 bits per heavy atom. The molecule has 0 aliphatic heterocycles. The van der Waals surface area contributed by atoms with Crippen LogP contribution in [0.4, 0.5) is 0 Å². The average molecular weight is 359 g/mol. The van der Waals surface area contributed by atoms with Crippen molar-refractivity contribution >= 4 is 39.2 Å². The summed E-state index contributed by atoms with van der Waals surface area (Å²) in [5.41, 5.74) is 0.519. The van der Waals surface area contributed by atoms with Crippen LogP contribution >= 0.6 is 28.1 Å². The summed E-state index contributed by atoms with van der Waals surface area (Å²) in [6, 6.07) is 5.21. The Kier molecular flexibility index (Phi) is 6.95. The van der Waals surface area contributed by atoms with Gasteiger partial charge in [-0.25, -0.2) is 0 Å². The van der Waals surface area contributed by atoms with Crippen LogP contribution in [0.15, 0.2) is 22.7 Å². The standard InChI is InChI=1S/C14H19BrN2O2S/c1-9(2)6-7-19-12-5-4-10(8-11(12)15)13(18)17-14(20)16-3/h4-5,8-9H,6-7H2,1-3H3,(H2,16,17,18,20). The van der Waals surface area contributed by atoms with Crippen molar-refractivity contribution in [1.29, 1.82) is 0 Å². The zero-order valence-electron chi connectivity index (χ0n) is 11.8. The van der Waals surface area contributed by atoms with Crippen molar-refractivity contribution in [2.45, 2.75) is 20.3 Å². The molecule has 1 amide bonds. The van der Waals surface area contributed by atoms with E-state index >= 15 is 0 Å². The molecule has 6 heteroatoms. The van der Waals surface area contributed by atoms with Crippen LogP contribution in [-0.2, 0) is 0 Å². The number of thiocarbonyl (C=S) groups is 1. The molecular weight excluding hydrogens is 340 g/mol. The lowest BCUT2D eigenvalue weighted by atomic mass is 10.1. The Labute approximate surface area is 133 Å². The molecule has 0 saturated heterocycles. The van der Waals surface area contributed by atoms with Crippen LogP contribution in [0.2, 0.25) is 0 Å². The van der Waals surface area contributed by atoms with E-state index in [-0.39, 0.29) is 5.91 Å². The zero-order chi connectivity index (χ0) is 15.1. The summed E-state index contributed by atoms with van der Waals surface area (Å²) in [5, 5.41) is 5.56. The van der Waals surface area contributed by atoms with Gasteiger partial charge in [-0.05, 0) is 58.7 Å². The predicted octanol–water partition coefficient (Wildman–Crippen LogP) is 3.11. The lowest BCUT2D eigenvalue weighted by molar-refractivity contribution is 0.0976. The highest BCUT2D eigenvalue weighted by Crippen LogP contribution is 2.26. The van der Waals surface area contributed by atoms with E-state index in [4.69, 9.17) is 17.0 Å². The van der Waals surface area contributed by atoms with Crippen molar-refractivity contribution in [3.8, 4) is 5.75 Å². The number of rotatable bonds is 5. The van der Waals surface area contributed by atoms with E-state index < -0.39 is 0 Å². The van der Waals surface area contributed by atoms with E-state index in [9.17, 15) is 4.79 Å². The summed E-state index contributed by atoms with van der Waals surface area (Å²) in [5.74, 6) is 1.08. The molecule has 1 aromatic carbocycles. The molecule has 0 aliphatic carbocycles. The molecule has 110 valence electrons. The second kappa shape index (κ2) is 8.21. The number of ether oxygens (including phenoxy) is 1. The number of carbonyl (C=O) groups is 1. The quantitative estimate of drug-likeness (QED) is 0.794. The molecule has 0 fully saturated rings. The number of hydrogen-bond acceptors (Lipinski definition) is 3. The Morgan fingerprint density at radius 1 is 1.45 bits per heavy atom. The van der Waals surface area contributed by atoms with E-state index in [0.29, 0.717) is 23.2 Å². The second-order valence-corrected chi connectivity index (χ2v) is 5.97. The van der Waals surface area contributed by atoms with Crippen LogP contribution in [-0.4, -0.2) is 24.7 Å². The van der Waals surface area contributed by atoms with Gasteiger partial charge >= 0.3 is 0 Å². The highest BCUT2D eigenvalue weighted by molar-refractivity contribution is 9.10. The molecule has 20 heavy (non-hydrogen) atoms. The van der Waals surface area contributed by atoms with Crippen LogP contribution in [0, 0.1) is 5.92 Å². The van der Waals surface area contributed by atoms with Crippen molar-refractivity contribution in [3.63, 3.8) is 0 Å². The average Bonchev–Trinajstić information content (AvgIpc) is 2.39. The molecule has 1 aromatic rings. The maximum Gasteiger partial charge on any atom is 0.257 e. The normalized spacial score (nSPS) is 10.2. The third-order valence-electron chi connectivity index (χ3n) is 2.60. The van der Waals surface area contributed by atoms with E-state index in [1.165, 1.54) is 0 Å². The minimum absolute atomic E-state index is 0.251. The van der Waals surface area contributed by atoms with E-state index in [2.05, 4.69) is 40.4 Å². The van der Waals surface area contributed by atoms with Crippen LogP contribution in [0.5, 0.6) is 5.75 Å². The fourth-order valence-electron chi connectivity index (χ4n) is 1.40. The fourth-order valence-corrected chi connectivity index (χ4v) is 1.99. The Balaban J connectivity index is 2.67. The van der Waals surface area contributed by atoms with Gasteiger partial charge < -0.3 is 10.1 Å². The monoisotopic (exact) mass is 358 g/mol. The van der Waals surface area contributed by atoms with Gasteiger partial charge in [0.2, 0.25) is 0 Å². The third-order valence-corrected chi connectivity index (χ3v) is 3.53. The van der Waals surface area contributed by atoms with Crippen molar-refractivity contribution in [2.75, 3.05) is 13.7 Å². The molecule has 0 bridgehead atoms. The molecule has 0 spiro atoms. The van der Waals surface area contributed by atoms with E-state index in [1.54, 1.807) is 25.2 Å². The summed E-state index contributed by atoms with van der Waals surface area (Å²) >= 11 is 8.30. The molecule has 1 rings (SSSR count). The lowest BCUT2D eigenvalue weighted by Crippen LogP contribution is -2.37. The van der Waals surface area contributed by atoms with Crippen molar-refractivity contribution < 1.29 is 9.53 Å². The van der Waals surface area contributed by atoms with Crippen molar-refractivity contribution in [1.82, 2.24) is 10.6 Å². The number of halogens is 1. The second-order valence-electron chi connectivity index (χ2n) is 4.71. The molecular formula is C14H19BrN2O2S. The van der Waals surface area contributed by atoms with Gasteiger partial charge in [0.05, 0.1) is 11.1 Å². The smallest absolute Gasteiger partial charge is 0.257 e. The molecule has 0 atom stereocenters. The zero-order valence-corrected chi connectivity index (χ0v) is 14.2. The number of benzene rings is 1. The molecule has 0 aromatic heterocycles. The molecule has 0 aliphatic rings. The predicted molar refractivity (Wildman–Crippen MR) is 88.2 cm³/mol. The van der Waals surface area contributed by atoms with Crippen molar-refractivity contribution in [2.24, 2.45) is 5.92 Å². The van der Waals surface area contributed by atoms with Crippen LogP contribution in [0.25, 0.3) is 0 Å². The first kappa shape index (κ1) is 16.9. The number of hydrogen-bond donors (Lipinski definition) is 2. The van der Waals surface area contributed by atoms with Crippen LogP contribution in [0.3, 0.4) is 0 Å². The molecule has 2 N–H and O–H groups in total. The largest absolute Gasteiger partial charge is 0.492 e. The molecule has 0 heterocycles. The van der Waals surface area contributed by atoms with Gasteiger partial charge in [0, 0.05) is 12.6 Å². The summed E-state index contributed by atoms with van der Waals surface area (Å²) < 4.78 is 6.42. The van der Waals surface area contributed by atoms with Crippen LogP contribution < -0.4 is 15.4 Å². The SMILES string of the molecule is CNC(=S)NC(=O)c1ccc(OCCC(C)C)c(Br)c1. The van der Waals surface area contributed by atoms with E-state index in [1.807, 2.05) is 0 Å². The first-order valence-corrected chi connectivity index (χ1v) is 7.59.